The van der Waals surface area contributed by atoms with E-state index >= 15 is 0 Å². The van der Waals surface area contributed by atoms with Crippen molar-refractivity contribution in [2.24, 2.45) is 0 Å². The molecule has 1 unspecified atom stereocenters. The van der Waals surface area contributed by atoms with E-state index in [0.717, 1.165) is 7.11 Å². The van der Waals surface area contributed by atoms with Crippen molar-refractivity contribution < 1.29 is 143 Å². The Balaban J connectivity index is 1.26. The van der Waals surface area contributed by atoms with Crippen LogP contribution in [0.4, 0.5) is 0 Å². The molecule has 0 bridgehead atoms. The Morgan fingerprint density at radius 3 is 1.35 bits per heavy atom. The van der Waals surface area contributed by atoms with Gasteiger partial charge in [0.2, 0.25) is 0 Å². The molecule has 0 radical (unpaired) electrons. The Morgan fingerprint density at radius 1 is 0.403 bits per heavy atom. The standard InChI is InChI=1S/C33H52O29/c1-51-21-16(41)20(45)31(62-25(21)27(48)49)61-23-12(37)8(56-29-18(43)10(35)6(34)2-53-29)4-54-33(23)58-9-5-55-32(57-7-3-52-28(50)17(42)11(7)36)24(13(9)38)60-30-19(44)14(39)15(40)22(59-30)26(46)47/h6-25,28-45,50H,2-5H2,1H3,(H,46,47)(H,48,49)/t6-,7-,8-,9-,10+,11+,12+,13+,14+,15+,16-,17-,18-,19-,20-,21+,22+,23-,24-,25+,28?,29+,30-,31+,32+,33+/m1/s1. The largest absolute Gasteiger partial charge is 0.479 e. The van der Waals surface area contributed by atoms with Crippen molar-refractivity contribution >= 4 is 11.9 Å². The number of aliphatic hydroxyl groups excluding tert-OH is 13. The summed E-state index contributed by atoms with van der Waals surface area (Å²) in [5.41, 5.74) is 0. The zero-order chi connectivity index (χ0) is 45.5. The lowest BCUT2D eigenvalue weighted by atomic mass is 9.98. The number of methoxy groups -OCH3 is 1. The summed E-state index contributed by atoms with van der Waals surface area (Å²) in [6.07, 6.45) is -49.7. The van der Waals surface area contributed by atoms with Gasteiger partial charge in [-0.1, -0.05) is 0 Å². The summed E-state index contributed by atoms with van der Waals surface area (Å²) in [4.78, 5) is 23.8. The Morgan fingerprint density at radius 2 is 0.839 bits per heavy atom. The van der Waals surface area contributed by atoms with Crippen molar-refractivity contribution in [1.82, 2.24) is 0 Å². The van der Waals surface area contributed by atoms with Crippen LogP contribution in [0.25, 0.3) is 0 Å². The molecule has 15 N–H and O–H groups in total. The Hall–Kier alpha value is -2.06. The van der Waals surface area contributed by atoms with Crippen LogP contribution in [-0.4, -0.2) is 282 Å². The number of carboxylic acids is 2. The highest BCUT2D eigenvalue weighted by molar-refractivity contribution is 5.73. The first-order valence-electron chi connectivity index (χ1n) is 19.1. The minimum Gasteiger partial charge on any atom is -0.479 e. The van der Waals surface area contributed by atoms with Crippen LogP contribution in [0.1, 0.15) is 0 Å². The fourth-order valence-electron chi connectivity index (χ4n) is 7.47. The van der Waals surface area contributed by atoms with E-state index in [0.29, 0.717) is 0 Å². The maximum atomic E-state index is 12.0. The van der Waals surface area contributed by atoms with Crippen LogP contribution in [0, 0.1) is 0 Å². The summed E-state index contributed by atoms with van der Waals surface area (Å²) in [5, 5.41) is 157. The van der Waals surface area contributed by atoms with Gasteiger partial charge in [-0.25, -0.2) is 9.59 Å². The normalized spacial score (nSPS) is 51.7. The van der Waals surface area contributed by atoms with Gasteiger partial charge in [0.05, 0.1) is 26.4 Å². The highest BCUT2D eigenvalue weighted by atomic mass is 16.8. The number of rotatable bonds is 13. The van der Waals surface area contributed by atoms with Gasteiger partial charge in [-0.3, -0.25) is 0 Å². The number of aliphatic carboxylic acids is 2. The SMILES string of the molecule is CO[C@H]1[C@H](O)[C@@H](O)[C@@H](O[C@H]2[C@H](O[C@@H]3CO[C@@H](O[C@@H]4COC(O)[C@H](O)[C@H]4O)[C@H](O[C@H]4O[C@H](C(=O)O)[C@@H](O)[C@H](O)[C@H]4O)[C@H]3O)OC[C@@H](O[C@@H]3OC[C@@H](O)[C@H](O)[C@H]3O)[C@@H]2O)O[C@@H]1C(=O)O. The summed E-state index contributed by atoms with van der Waals surface area (Å²) in [5.74, 6) is -3.46. The molecule has 6 fully saturated rings. The smallest absolute Gasteiger partial charge is 0.335 e. The number of hydrogen-bond donors (Lipinski definition) is 15. The molecule has 6 heterocycles. The lowest BCUT2D eigenvalue weighted by Gasteiger charge is -2.48. The fourth-order valence-corrected chi connectivity index (χ4v) is 7.47. The first-order valence-corrected chi connectivity index (χ1v) is 19.1. The fraction of sp³-hybridized carbons (Fsp3) is 0.939. The summed E-state index contributed by atoms with van der Waals surface area (Å²) in [7, 11) is 1.03. The zero-order valence-corrected chi connectivity index (χ0v) is 32.3. The molecule has 26 atom stereocenters. The van der Waals surface area contributed by atoms with E-state index in [2.05, 4.69) is 0 Å². The minimum absolute atomic E-state index is 0.516. The van der Waals surface area contributed by atoms with Crippen LogP contribution >= 0.6 is 0 Å². The summed E-state index contributed by atoms with van der Waals surface area (Å²) >= 11 is 0. The van der Waals surface area contributed by atoms with E-state index in [-0.39, 0.29) is 0 Å². The van der Waals surface area contributed by atoms with Crippen LogP contribution < -0.4 is 0 Å². The van der Waals surface area contributed by atoms with E-state index in [1.54, 1.807) is 0 Å². The quantitative estimate of drug-likeness (QED) is 0.0816. The molecular formula is C33H52O29. The van der Waals surface area contributed by atoms with Crippen molar-refractivity contribution in [3.8, 4) is 0 Å². The molecule has 358 valence electrons. The third-order valence-electron chi connectivity index (χ3n) is 11.1. The van der Waals surface area contributed by atoms with Crippen molar-refractivity contribution in [3.63, 3.8) is 0 Å². The van der Waals surface area contributed by atoms with Crippen LogP contribution in [-0.2, 0) is 66.4 Å². The van der Waals surface area contributed by atoms with E-state index < -0.39 is 198 Å². The lowest BCUT2D eigenvalue weighted by molar-refractivity contribution is -0.393. The van der Waals surface area contributed by atoms with E-state index in [1.807, 2.05) is 0 Å². The van der Waals surface area contributed by atoms with Gasteiger partial charge in [-0.05, 0) is 0 Å². The number of hydrogen-bond acceptors (Lipinski definition) is 27. The Kier molecular flexibility index (Phi) is 16.4. The van der Waals surface area contributed by atoms with Crippen LogP contribution in [0.2, 0.25) is 0 Å². The molecule has 0 aromatic carbocycles. The van der Waals surface area contributed by atoms with Gasteiger partial charge < -0.3 is 133 Å². The van der Waals surface area contributed by atoms with Gasteiger partial charge in [-0.15, -0.1) is 0 Å². The molecule has 6 rings (SSSR count). The average molecular weight is 913 g/mol. The van der Waals surface area contributed by atoms with Gasteiger partial charge in [-0.2, -0.15) is 0 Å². The minimum atomic E-state index is -2.19. The molecular weight excluding hydrogens is 860 g/mol. The monoisotopic (exact) mass is 912 g/mol. The second-order valence-electron chi connectivity index (χ2n) is 15.2. The lowest BCUT2D eigenvalue weighted by Crippen LogP contribution is -2.66. The third-order valence-corrected chi connectivity index (χ3v) is 11.1. The van der Waals surface area contributed by atoms with Gasteiger partial charge in [0.15, 0.2) is 49.9 Å². The molecule has 6 aliphatic rings. The van der Waals surface area contributed by atoms with Crippen LogP contribution in [0.3, 0.4) is 0 Å². The molecule has 0 spiro atoms. The maximum absolute atomic E-state index is 12.0. The van der Waals surface area contributed by atoms with Crippen molar-refractivity contribution in [2.45, 2.75) is 160 Å². The highest BCUT2D eigenvalue weighted by Crippen LogP contribution is 2.35. The van der Waals surface area contributed by atoms with Gasteiger partial charge in [0.1, 0.15) is 110 Å². The maximum Gasteiger partial charge on any atom is 0.335 e. The molecule has 29 heteroatoms. The molecule has 29 nitrogen and oxygen atoms in total. The summed E-state index contributed by atoms with van der Waals surface area (Å²) < 4.78 is 66.2. The number of carbonyl (C=O) groups is 2. The first kappa shape index (κ1) is 49.4. The number of aliphatic hydroxyl groups is 13. The van der Waals surface area contributed by atoms with Gasteiger partial charge in [0.25, 0.3) is 0 Å². The molecule has 6 aliphatic heterocycles. The number of carboxylic acid groups (broad SMARTS) is 2. The molecule has 0 aliphatic carbocycles. The summed E-state index contributed by atoms with van der Waals surface area (Å²) in [6.45, 7) is -2.49. The molecule has 62 heavy (non-hydrogen) atoms. The molecule has 0 amide bonds. The Labute approximate surface area is 348 Å². The van der Waals surface area contributed by atoms with Crippen LogP contribution in [0.15, 0.2) is 0 Å². The van der Waals surface area contributed by atoms with Crippen molar-refractivity contribution in [1.29, 1.82) is 0 Å². The van der Waals surface area contributed by atoms with Crippen molar-refractivity contribution in [2.75, 3.05) is 33.5 Å². The van der Waals surface area contributed by atoms with Gasteiger partial charge >= 0.3 is 11.9 Å². The molecule has 0 aromatic heterocycles. The topological polar surface area (TPSA) is 448 Å². The van der Waals surface area contributed by atoms with Crippen LogP contribution in [0.5, 0.6) is 0 Å². The average Bonchev–Trinajstić information content (AvgIpc) is 3.23. The number of ether oxygens (including phenoxy) is 12. The second kappa shape index (κ2) is 20.6. The van der Waals surface area contributed by atoms with E-state index in [9.17, 15) is 86.2 Å². The third kappa shape index (κ3) is 10.2. The van der Waals surface area contributed by atoms with E-state index in [1.165, 1.54) is 0 Å². The Bertz CT molecular complexity index is 1480. The summed E-state index contributed by atoms with van der Waals surface area (Å²) in [6, 6.07) is 0. The van der Waals surface area contributed by atoms with E-state index in [4.69, 9.17) is 56.8 Å². The molecule has 0 saturated carbocycles. The second-order valence-corrected chi connectivity index (χ2v) is 15.2. The molecule has 0 aromatic rings. The highest BCUT2D eigenvalue weighted by Gasteiger charge is 2.56. The van der Waals surface area contributed by atoms with Gasteiger partial charge in [0, 0.05) is 7.11 Å². The predicted octanol–water partition coefficient (Wildman–Crippen LogP) is -10.7. The molecule has 6 saturated heterocycles. The first-order chi connectivity index (χ1) is 29.2. The van der Waals surface area contributed by atoms with Crippen molar-refractivity contribution in [3.05, 3.63) is 0 Å². The predicted molar refractivity (Wildman–Crippen MR) is 181 cm³/mol. The zero-order valence-electron chi connectivity index (χ0n) is 32.3.